The topological polar surface area (TPSA) is 51.0 Å². The smallest absolute Gasteiger partial charge is 0.247 e. The zero-order valence-corrected chi connectivity index (χ0v) is 14.0. The van der Waals surface area contributed by atoms with E-state index in [2.05, 4.69) is 54.3 Å². The molecule has 19 heavy (non-hydrogen) atoms. The molecule has 6 heteroatoms. The van der Waals surface area contributed by atoms with Crippen LogP contribution < -0.4 is 5.32 Å². The molecule has 1 heterocycles. The average molecular weight is 389 g/mol. The molecule has 1 aromatic heterocycles. The van der Waals surface area contributed by atoms with Gasteiger partial charge in [-0.25, -0.2) is 0 Å². The van der Waals surface area contributed by atoms with Gasteiger partial charge in [-0.2, -0.15) is 0 Å². The van der Waals surface area contributed by atoms with Crippen LogP contribution in [0.15, 0.2) is 31.6 Å². The molecule has 0 aliphatic carbocycles. The third-order valence-electron chi connectivity index (χ3n) is 2.62. The molecule has 102 valence electrons. The van der Waals surface area contributed by atoms with E-state index in [4.69, 9.17) is 4.42 Å². The predicted octanol–water partition coefficient (Wildman–Crippen LogP) is 4.32. The van der Waals surface area contributed by atoms with Crippen LogP contribution in [0, 0.1) is 0 Å². The number of aromatic nitrogens is 2. The van der Waals surface area contributed by atoms with Crippen molar-refractivity contribution in [3.63, 3.8) is 0 Å². The van der Waals surface area contributed by atoms with E-state index < -0.39 is 0 Å². The van der Waals surface area contributed by atoms with Crippen molar-refractivity contribution in [3.05, 3.63) is 33.0 Å². The van der Waals surface area contributed by atoms with Gasteiger partial charge < -0.3 is 9.73 Å². The first-order valence-electron chi connectivity index (χ1n) is 6.13. The molecule has 4 nitrogen and oxygen atoms in total. The molecule has 2 rings (SSSR count). The van der Waals surface area contributed by atoms with E-state index in [0.29, 0.717) is 11.8 Å². The van der Waals surface area contributed by atoms with Crippen molar-refractivity contribution in [1.82, 2.24) is 15.5 Å². The fraction of sp³-hybridized carbons (Fsp3) is 0.385. The van der Waals surface area contributed by atoms with Gasteiger partial charge in [0.2, 0.25) is 11.8 Å². The first-order valence-corrected chi connectivity index (χ1v) is 7.72. The maximum atomic E-state index is 5.71. The van der Waals surface area contributed by atoms with E-state index in [1.807, 2.05) is 25.1 Å². The van der Waals surface area contributed by atoms with Crippen molar-refractivity contribution in [3.8, 4) is 11.5 Å². The molecule has 1 unspecified atom stereocenters. The molecule has 0 fully saturated rings. The van der Waals surface area contributed by atoms with E-state index in [1.165, 1.54) is 0 Å². The molecule has 0 spiro atoms. The van der Waals surface area contributed by atoms with E-state index in [-0.39, 0.29) is 6.04 Å². The lowest BCUT2D eigenvalue weighted by Gasteiger charge is -2.07. The van der Waals surface area contributed by atoms with E-state index in [0.717, 1.165) is 27.5 Å². The number of hydrogen-bond acceptors (Lipinski definition) is 4. The summed E-state index contributed by atoms with van der Waals surface area (Å²) in [6.45, 7) is 5.07. The van der Waals surface area contributed by atoms with Crippen LogP contribution in [0.25, 0.3) is 11.5 Å². The van der Waals surface area contributed by atoms with Crippen molar-refractivity contribution < 1.29 is 4.42 Å². The molecular weight excluding hydrogens is 374 g/mol. The monoisotopic (exact) mass is 387 g/mol. The molecule has 0 saturated carbocycles. The van der Waals surface area contributed by atoms with Gasteiger partial charge in [-0.05, 0) is 38.1 Å². The first kappa shape index (κ1) is 14.7. The normalized spacial score (nSPS) is 12.6. The summed E-state index contributed by atoms with van der Waals surface area (Å²) >= 11 is 6.90. The summed E-state index contributed by atoms with van der Waals surface area (Å²) in [7, 11) is 0. The number of nitrogens with zero attached hydrogens (tertiary/aromatic N) is 2. The average Bonchev–Trinajstić information content (AvgIpc) is 2.84. The Kier molecular flexibility index (Phi) is 5.13. The summed E-state index contributed by atoms with van der Waals surface area (Å²) in [5, 5.41) is 11.5. The molecule has 2 aromatic rings. The summed E-state index contributed by atoms with van der Waals surface area (Å²) in [5.74, 6) is 1.14. The second-order valence-electron chi connectivity index (χ2n) is 4.28. The van der Waals surface area contributed by atoms with Gasteiger partial charge >= 0.3 is 0 Å². The van der Waals surface area contributed by atoms with Crippen LogP contribution in [-0.4, -0.2) is 16.7 Å². The van der Waals surface area contributed by atoms with E-state index >= 15 is 0 Å². The largest absolute Gasteiger partial charge is 0.419 e. The summed E-state index contributed by atoms with van der Waals surface area (Å²) in [5.41, 5.74) is 0.891. The van der Waals surface area contributed by atoms with Crippen molar-refractivity contribution in [2.45, 2.75) is 26.3 Å². The summed E-state index contributed by atoms with van der Waals surface area (Å²) < 4.78 is 7.65. The number of benzene rings is 1. The number of halogens is 2. The molecule has 0 radical (unpaired) electrons. The van der Waals surface area contributed by atoms with Gasteiger partial charge in [-0.15, -0.1) is 10.2 Å². The minimum atomic E-state index is 0.0665. The van der Waals surface area contributed by atoms with Crippen molar-refractivity contribution in [1.29, 1.82) is 0 Å². The summed E-state index contributed by atoms with van der Waals surface area (Å²) in [6, 6.07) is 5.93. The lowest BCUT2D eigenvalue weighted by Crippen LogP contribution is -2.19. The molecule has 1 N–H and O–H groups in total. The highest BCUT2D eigenvalue weighted by molar-refractivity contribution is 9.11. The van der Waals surface area contributed by atoms with Gasteiger partial charge in [0, 0.05) is 14.5 Å². The quantitative estimate of drug-likeness (QED) is 0.828. The number of hydrogen-bond donors (Lipinski definition) is 1. The molecule has 1 atom stereocenters. The molecule has 0 bridgehead atoms. The third kappa shape index (κ3) is 3.87. The molecular formula is C13H15Br2N3O. The second kappa shape index (κ2) is 6.63. The minimum Gasteiger partial charge on any atom is -0.419 e. The van der Waals surface area contributed by atoms with Crippen LogP contribution in [-0.2, 0) is 0 Å². The number of nitrogens with one attached hydrogen (secondary N) is 1. The Morgan fingerprint density at radius 1 is 1.21 bits per heavy atom. The highest BCUT2D eigenvalue weighted by atomic mass is 79.9. The highest BCUT2D eigenvalue weighted by Crippen LogP contribution is 2.27. The van der Waals surface area contributed by atoms with Crippen molar-refractivity contribution >= 4 is 31.9 Å². The fourth-order valence-corrected chi connectivity index (χ4v) is 2.95. The van der Waals surface area contributed by atoms with Gasteiger partial charge in [0.25, 0.3) is 0 Å². The lowest BCUT2D eigenvalue weighted by atomic mass is 10.2. The van der Waals surface area contributed by atoms with Gasteiger partial charge in [0.05, 0.1) is 6.04 Å². The molecule has 0 aliphatic heterocycles. The second-order valence-corrected chi connectivity index (χ2v) is 6.11. The van der Waals surface area contributed by atoms with Gasteiger partial charge in [0.15, 0.2) is 0 Å². The Labute approximate surface area is 129 Å². The van der Waals surface area contributed by atoms with Crippen LogP contribution in [0.5, 0.6) is 0 Å². The standard InChI is InChI=1S/C13H15Br2N3O/c1-3-4-16-8(2)12-17-18-13(19-12)9-5-10(14)7-11(15)6-9/h5-8,16H,3-4H2,1-2H3. The molecule has 1 aromatic carbocycles. The van der Waals surface area contributed by atoms with Gasteiger partial charge in [0.1, 0.15) is 0 Å². The van der Waals surface area contributed by atoms with Crippen LogP contribution in [0.1, 0.15) is 32.2 Å². The zero-order valence-electron chi connectivity index (χ0n) is 10.8. The lowest BCUT2D eigenvalue weighted by molar-refractivity contribution is 0.423. The summed E-state index contributed by atoms with van der Waals surface area (Å²) in [4.78, 5) is 0. The maximum Gasteiger partial charge on any atom is 0.247 e. The first-order chi connectivity index (χ1) is 9.10. The Hall–Kier alpha value is -0.720. The summed E-state index contributed by atoms with van der Waals surface area (Å²) in [6.07, 6.45) is 1.07. The molecule has 0 saturated heterocycles. The Balaban J connectivity index is 2.20. The highest BCUT2D eigenvalue weighted by Gasteiger charge is 2.14. The predicted molar refractivity (Wildman–Crippen MR) is 81.8 cm³/mol. The Morgan fingerprint density at radius 3 is 2.53 bits per heavy atom. The molecule has 0 aliphatic rings. The minimum absolute atomic E-state index is 0.0665. The van der Waals surface area contributed by atoms with E-state index in [1.54, 1.807) is 0 Å². The van der Waals surface area contributed by atoms with E-state index in [9.17, 15) is 0 Å². The van der Waals surface area contributed by atoms with Crippen LogP contribution in [0.4, 0.5) is 0 Å². The van der Waals surface area contributed by atoms with Crippen LogP contribution in [0.2, 0.25) is 0 Å². The molecule has 0 amide bonds. The number of rotatable bonds is 5. The maximum absolute atomic E-state index is 5.71. The van der Waals surface area contributed by atoms with Crippen molar-refractivity contribution in [2.24, 2.45) is 0 Å². The van der Waals surface area contributed by atoms with Gasteiger partial charge in [-0.1, -0.05) is 38.8 Å². The van der Waals surface area contributed by atoms with Crippen LogP contribution in [0.3, 0.4) is 0 Å². The third-order valence-corrected chi connectivity index (χ3v) is 3.54. The Bertz CT molecular complexity index is 536. The van der Waals surface area contributed by atoms with Crippen LogP contribution >= 0.6 is 31.9 Å². The fourth-order valence-electron chi connectivity index (χ4n) is 1.65. The van der Waals surface area contributed by atoms with Gasteiger partial charge in [-0.3, -0.25) is 0 Å². The zero-order chi connectivity index (χ0) is 13.8. The van der Waals surface area contributed by atoms with Crippen molar-refractivity contribution in [2.75, 3.05) is 6.54 Å². The SMILES string of the molecule is CCCNC(C)c1nnc(-c2cc(Br)cc(Br)c2)o1. The Morgan fingerprint density at radius 2 is 1.89 bits per heavy atom.